The lowest BCUT2D eigenvalue weighted by atomic mass is 9.94. The zero-order valence-corrected chi connectivity index (χ0v) is 11.8. The van der Waals surface area contributed by atoms with E-state index in [9.17, 15) is 0 Å². The van der Waals surface area contributed by atoms with E-state index in [4.69, 9.17) is 4.74 Å². The van der Waals surface area contributed by atoms with Gasteiger partial charge >= 0.3 is 0 Å². The SMILES string of the molecule is CCN(C)CCNC1CC(C)(C)OC1(C)C. The third-order valence-electron chi connectivity index (χ3n) is 3.50. The highest BCUT2D eigenvalue weighted by atomic mass is 16.5. The highest BCUT2D eigenvalue weighted by Gasteiger charge is 2.45. The Hall–Kier alpha value is -0.120. The van der Waals surface area contributed by atoms with E-state index in [0.717, 1.165) is 26.1 Å². The zero-order valence-electron chi connectivity index (χ0n) is 11.8. The van der Waals surface area contributed by atoms with Gasteiger partial charge in [-0.15, -0.1) is 0 Å². The molecule has 1 heterocycles. The van der Waals surface area contributed by atoms with Crippen LogP contribution in [0.15, 0.2) is 0 Å². The second-order valence-electron chi connectivity index (χ2n) is 6.07. The first kappa shape index (κ1) is 13.9. The predicted molar refractivity (Wildman–Crippen MR) is 68.8 cm³/mol. The number of likely N-dealkylation sites (N-methyl/N-ethyl adjacent to an activating group) is 1. The Morgan fingerprint density at radius 1 is 1.31 bits per heavy atom. The molecule has 3 nitrogen and oxygen atoms in total. The molecule has 1 rings (SSSR count). The number of ether oxygens (including phenoxy) is 1. The minimum atomic E-state index is -0.0473. The van der Waals surface area contributed by atoms with Crippen molar-refractivity contribution in [2.75, 3.05) is 26.7 Å². The number of nitrogens with zero attached hydrogens (tertiary/aromatic N) is 1. The van der Waals surface area contributed by atoms with Crippen molar-refractivity contribution in [1.29, 1.82) is 0 Å². The van der Waals surface area contributed by atoms with E-state index in [1.807, 2.05) is 0 Å². The highest BCUT2D eigenvalue weighted by Crippen LogP contribution is 2.36. The van der Waals surface area contributed by atoms with Crippen LogP contribution in [0.3, 0.4) is 0 Å². The molecule has 0 radical (unpaired) electrons. The Balaban J connectivity index is 2.37. The Kier molecular flexibility index (Phi) is 4.38. The molecule has 0 saturated carbocycles. The third-order valence-corrected chi connectivity index (χ3v) is 3.50. The van der Waals surface area contributed by atoms with Gasteiger partial charge in [0.05, 0.1) is 11.2 Å². The molecular formula is C13H28N2O. The van der Waals surface area contributed by atoms with Crippen LogP contribution in [0.1, 0.15) is 41.0 Å². The van der Waals surface area contributed by atoms with Gasteiger partial charge in [-0.2, -0.15) is 0 Å². The van der Waals surface area contributed by atoms with Crippen LogP contribution in [-0.4, -0.2) is 48.8 Å². The molecule has 0 amide bonds. The Morgan fingerprint density at radius 2 is 1.94 bits per heavy atom. The maximum atomic E-state index is 6.06. The summed E-state index contributed by atoms with van der Waals surface area (Å²) in [6.07, 6.45) is 1.09. The average Bonchev–Trinajstić information content (AvgIpc) is 2.34. The largest absolute Gasteiger partial charge is 0.368 e. The first-order valence-corrected chi connectivity index (χ1v) is 6.39. The Morgan fingerprint density at radius 3 is 2.38 bits per heavy atom. The summed E-state index contributed by atoms with van der Waals surface area (Å²) in [6.45, 7) is 14.2. The summed E-state index contributed by atoms with van der Waals surface area (Å²) in [5, 5.41) is 3.63. The molecule has 3 heteroatoms. The number of nitrogens with one attached hydrogen (secondary N) is 1. The molecule has 0 bridgehead atoms. The Labute approximate surface area is 101 Å². The van der Waals surface area contributed by atoms with E-state index < -0.39 is 0 Å². The minimum absolute atomic E-state index is 0.0117. The number of hydrogen-bond acceptors (Lipinski definition) is 3. The van der Waals surface area contributed by atoms with Crippen molar-refractivity contribution in [2.24, 2.45) is 0 Å². The summed E-state index contributed by atoms with van der Waals surface area (Å²) >= 11 is 0. The van der Waals surface area contributed by atoms with E-state index in [-0.39, 0.29) is 11.2 Å². The zero-order chi connectivity index (χ0) is 12.4. The molecule has 0 spiro atoms. The lowest BCUT2D eigenvalue weighted by molar-refractivity contribution is -0.0698. The van der Waals surface area contributed by atoms with Crippen LogP contribution in [0, 0.1) is 0 Å². The predicted octanol–water partition coefficient (Wildman–Crippen LogP) is 1.87. The second kappa shape index (κ2) is 5.03. The van der Waals surface area contributed by atoms with Crippen molar-refractivity contribution in [3.8, 4) is 0 Å². The molecule has 1 fully saturated rings. The van der Waals surface area contributed by atoms with Gasteiger partial charge in [-0.1, -0.05) is 6.92 Å². The minimum Gasteiger partial charge on any atom is -0.368 e. The smallest absolute Gasteiger partial charge is 0.0787 e. The lowest BCUT2D eigenvalue weighted by Gasteiger charge is -2.28. The van der Waals surface area contributed by atoms with Crippen LogP contribution in [-0.2, 0) is 4.74 Å². The topological polar surface area (TPSA) is 24.5 Å². The lowest BCUT2D eigenvalue weighted by Crippen LogP contribution is -2.45. The summed E-state index contributed by atoms with van der Waals surface area (Å²) in [5.41, 5.74) is -0.0356. The fraction of sp³-hybridized carbons (Fsp3) is 1.00. The molecule has 0 aromatic heterocycles. The van der Waals surface area contributed by atoms with Gasteiger partial charge in [-0.3, -0.25) is 0 Å². The van der Waals surface area contributed by atoms with E-state index in [1.165, 1.54) is 0 Å². The average molecular weight is 228 g/mol. The summed E-state index contributed by atoms with van der Waals surface area (Å²) in [6, 6.07) is 0.466. The molecule has 96 valence electrons. The summed E-state index contributed by atoms with van der Waals surface area (Å²) in [7, 11) is 2.15. The van der Waals surface area contributed by atoms with E-state index >= 15 is 0 Å². The summed E-state index contributed by atoms with van der Waals surface area (Å²) in [4.78, 5) is 2.32. The van der Waals surface area contributed by atoms with E-state index in [0.29, 0.717) is 6.04 Å². The first-order valence-electron chi connectivity index (χ1n) is 6.39. The molecular weight excluding hydrogens is 200 g/mol. The molecule has 0 aromatic rings. The van der Waals surface area contributed by atoms with Gasteiger partial charge in [0.1, 0.15) is 0 Å². The number of hydrogen-bond donors (Lipinski definition) is 1. The molecule has 0 aliphatic carbocycles. The van der Waals surface area contributed by atoms with Crippen LogP contribution in [0.5, 0.6) is 0 Å². The van der Waals surface area contributed by atoms with Gasteiger partial charge < -0.3 is 15.0 Å². The standard InChI is InChI=1S/C13H28N2O/c1-7-15(6)9-8-14-11-10-12(2,3)16-13(11,4)5/h11,14H,7-10H2,1-6H3. The van der Waals surface area contributed by atoms with Gasteiger partial charge in [0.15, 0.2) is 0 Å². The molecule has 16 heavy (non-hydrogen) atoms. The van der Waals surface area contributed by atoms with Crippen LogP contribution >= 0.6 is 0 Å². The van der Waals surface area contributed by atoms with Gasteiger partial charge in [0.25, 0.3) is 0 Å². The molecule has 1 aliphatic heterocycles. The van der Waals surface area contributed by atoms with Crippen LogP contribution in [0.4, 0.5) is 0 Å². The quantitative estimate of drug-likeness (QED) is 0.777. The van der Waals surface area contributed by atoms with Gasteiger partial charge in [0, 0.05) is 19.1 Å². The molecule has 1 saturated heterocycles. The monoisotopic (exact) mass is 228 g/mol. The third kappa shape index (κ3) is 3.72. The van der Waals surface area contributed by atoms with Gasteiger partial charge in [-0.25, -0.2) is 0 Å². The van der Waals surface area contributed by atoms with E-state index in [2.05, 4.69) is 51.9 Å². The van der Waals surface area contributed by atoms with Crippen molar-refractivity contribution >= 4 is 0 Å². The number of rotatable bonds is 5. The van der Waals surface area contributed by atoms with Crippen LogP contribution in [0.2, 0.25) is 0 Å². The van der Waals surface area contributed by atoms with Crippen molar-refractivity contribution < 1.29 is 4.74 Å². The van der Waals surface area contributed by atoms with Crippen LogP contribution in [0.25, 0.3) is 0 Å². The fourth-order valence-corrected chi connectivity index (χ4v) is 2.47. The fourth-order valence-electron chi connectivity index (χ4n) is 2.47. The first-order chi connectivity index (χ1) is 7.27. The van der Waals surface area contributed by atoms with Crippen molar-refractivity contribution in [1.82, 2.24) is 10.2 Å². The summed E-state index contributed by atoms with van der Waals surface area (Å²) in [5.74, 6) is 0. The molecule has 1 unspecified atom stereocenters. The molecule has 1 aliphatic rings. The second-order valence-corrected chi connectivity index (χ2v) is 6.07. The maximum absolute atomic E-state index is 6.06. The van der Waals surface area contributed by atoms with Crippen molar-refractivity contribution in [3.05, 3.63) is 0 Å². The molecule has 0 aromatic carbocycles. The van der Waals surface area contributed by atoms with Gasteiger partial charge in [0.2, 0.25) is 0 Å². The maximum Gasteiger partial charge on any atom is 0.0787 e. The molecule has 1 N–H and O–H groups in total. The normalized spacial score (nSPS) is 27.6. The van der Waals surface area contributed by atoms with Crippen molar-refractivity contribution in [2.45, 2.75) is 58.3 Å². The van der Waals surface area contributed by atoms with Crippen LogP contribution < -0.4 is 5.32 Å². The van der Waals surface area contributed by atoms with Crippen molar-refractivity contribution in [3.63, 3.8) is 0 Å². The summed E-state index contributed by atoms with van der Waals surface area (Å²) < 4.78 is 6.06. The highest BCUT2D eigenvalue weighted by molar-refractivity contribution is 4.98. The molecule has 1 atom stereocenters. The Bertz CT molecular complexity index is 226. The van der Waals surface area contributed by atoms with Gasteiger partial charge in [-0.05, 0) is 47.7 Å². The van der Waals surface area contributed by atoms with E-state index in [1.54, 1.807) is 0 Å².